The highest BCUT2D eigenvalue weighted by Gasteiger charge is 2.40. The molecule has 33 heavy (non-hydrogen) atoms. The number of sulfonamides is 1. The first kappa shape index (κ1) is 22.8. The van der Waals surface area contributed by atoms with Gasteiger partial charge in [-0.2, -0.15) is 4.31 Å². The molecule has 1 saturated heterocycles. The number of fused-ring (bicyclic) bond motifs is 1. The van der Waals surface area contributed by atoms with Gasteiger partial charge in [0, 0.05) is 36.2 Å². The van der Waals surface area contributed by atoms with Crippen LogP contribution in [-0.4, -0.2) is 56.8 Å². The van der Waals surface area contributed by atoms with E-state index in [0.717, 1.165) is 32.2 Å². The maximum atomic E-state index is 13.3. The lowest BCUT2D eigenvalue weighted by Crippen LogP contribution is -2.41. The Kier molecular flexibility index (Phi) is 6.48. The van der Waals surface area contributed by atoms with Gasteiger partial charge in [0.1, 0.15) is 10.6 Å². The summed E-state index contributed by atoms with van der Waals surface area (Å²) in [6.45, 7) is 2.21. The van der Waals surface area contributed by atoms with Gasteiger partial charge >= 0.3 is 0 Å². The SMILES string of the molecule is COc1ccc(NC(=O)CN2CCc3sccc3[C@@H]2C2CC2)cc1S(=O)(=O)N1CCCCC1. The lowest BCUT2D eigenvalue weighted by atomic mass is 9.96. The summed E-state index contributed by atoms with van der Waals surface area (Å²) in [5.41, 5.74) is 1.87. The zero-order chi connectivity index (χ0) is 23.0. The Morgan fingerprint density at radius 3 is 2.67 bits per heavy atom. The van der Waals surface area contributed by atoms with Gasteiger partial charge in [-0.05, 0) is 73.2 Å². The van der Waals surface area contributed by atoms with E-state index < -0.39 is 10.0 Å². The second kappa shape index (κ2) is 9.37. The number of nitrogens with one attached hydrogen (secondary N) is 1. The number of amides is 1. The molecule has 1 aromatic carbocycles. The summed E-state index contributed by atoms with van der Waals surface area (Å²) < 4.78 is 33.4. The van der Waals surface area contributed by atoms with Crippen molar-refractivity contribution in [3.05, 3.63) is 40.1 Å². The van der Waals surface area contributed by atoms with Crippen molar-refractivity contribution in [3.63, 3.8) is 0 Å². The van der Waals surface area contributed by atoms with Crippen molar-refractivity contribution >= 4 is 33.0 Å². The van der Waals surface area contributed by atoms with E-state index in [4.69, 9.17) is 4.74 Å². The van der Waals surface area contributed by atoms with Crippen LogP contribution in [0.2, 0.25) is 0 Å². The molecule has 3 aliphatic rings. The molecule has 2 fully saturated rings. The molecule has 2 aromatic rings. The van der Waals surface area contributed by atoms with Gasteiger partial charge in [0.2, 0.25) is 15.9 Å². The van der Waals surface area contributed by atoms with Crippen molar-refractivity contribution < 1.29 is 17.9 Å². The van der Waals surface area contributed by atoms with E-state index in [9.17, 15) is 13.2 Å². The molecule has 1 N–H and O–H groups in total. The molecule has 1 aromatic heterocycles. The average Bonchev–Trinajstić information content (AvgIpc) is 3.55. The Morgan fingerprint density at radius 2 is 1.94 bits per heavy atom. The number of carbonyl (C=O) groups is 1. The zero-order valence-corrected chi connectivity index (χ0v) is 20.6. The normalized spacial score (nSPS) is 22.0. The van der Waals surface area contributed by atoms with Crippen LogP contribution in [0.4, 0.5) is 5.69 Å². The van der Waals surface area contributed by atoms with Crippen molar-refractivity contribution in [2.24, 2.45) is 5.92 Å². The molecular formula is C24H31N3O4S2. The molecule has 0 bridgehead atoms. The summed E-state index contributed by atoms with van der Waals surface area (Å²) >= 11 is 1.82. The van der Waals surface area contributed by atoms with Crippen molar-refractivity contribution in [2.45, 2.75) is 49.5 Å². The molecule has 1 amide bonds. The minimum absolute atomic E-state index is 0.112. The summed E-state index contributed by atoms with van der Waals surface area (Å²) in [6, 6.07) is 7.40. The molecule has 7 nitrogen and oxygen atoms in total. The first-order valence-corrected chi connectivity index (χ1v) is 14.1. The van der Waals surface area contributed by atoms with Gasteiger partial charge in [-0.3, -0.25) is 9.69 Å². The number of benzene rings is 1. The van der Waals surface area contributed by atoms with Gasteiger partial charge < -0.3 is 10.1 Å². The van der Waals surface area contributed by atoms with E-state index in [1.165, 1.54) is 40.8 Å². The molecule has 0 spiro atoms. The smallest absolute Gasteiger partial charge is 0.246 e. The zero-order valence-electron chi connectivity index (χ0n) is 19.0. The second-order valence-corrected chi connectivity index (χ2v) is 12.1. The molecule has 2 aliphatic heterocycles. The number of rotatable bonds is 7. The molecule has 1 aliphatic carbocycles. The summed E-state index contributed by atoms with van der Waals surface area (Å²) in [5.74, 6) is 0.813. The molecule has 0 radical (unpaired) electrons. The quantitative estimate of drug-likeness (QED) is 0.639. The van der Waals surface area contributed by atoms with Crippen molar-refractivity contribution in [1.82, 2.24) is 9.21 Å². The van der Waals surface area contributed by atoms with Crippen LogP contribution in [-0.2, 0) is 21.2 Å². The molecule has 0 unspecified atom stereocenters. The molecule has 9 heteroatoms. The van der Waals surface area contributed by atoms with Gasteiger partial charge in [0.25, 0.3) is 0 Å². The monoisotopic (exact) mass is 489 g/mol. The standard InChI is InChI=1S/C24H31N3O4S2/c1-31-20-8-7-18(15-22(20)33(29,30)27-11-3-2-4-12-27)25-23(28)16-26-13-9-21-19(10-14-32-21)24(26)17-5-6-17/h7-8,10,14-15,17,24H,2-6,9,11-13,16H2,1H3,(H,25,28)/t24-/m0/s1. The topological polar surface area (TPSA) is 79.0 Å². The number of hydrogen-bond donors (Lipinski definition) is 1. The Balaban J connectivity index is 1.32. The first-order chi connectivity index (χ1) is 16.0. The van der Waals surface area contributed by atoms with E-state index in [2.05, 4.69) is 21.7 Å². The maximum Gasteiger partial charge on any atom is 0.246 e. The third-order valence-electron chi connectivity index (χ3n) is 6.91. The van der Waals surface area contributed by atoms with Crippen LogP contribution in [0.5, 0.6) is 5.75 Å². The molecular weight excluding hydrogens is 458 g/mol. The van der Waals surface area contributed by atoms with E-state index in [1.54, 1.807) is 12.1 Å². The Morgan fingerprint density at radius 1 is 1.15 bits per heavy atom. The fraction of sp³-hybridized carbons (Fsp3) is 0.542. The number of carbonyl (C=O) groups excluding carboxylic acids is 1. The lowest BCUT2D eigenvalue weighted by Gasteiger charge is -2.35. The van der Waals surface area contributed by atoms with Crippen LogP contribution in [0.3, 0.4) is 0 Å². The summed E-state index contributed by atoms with van der Waals surface area (Å²) in [4.78, 5) is 16.8. The van der Waals surface area contributed by atoms with E-state index in [-0.39, 0.29) is 10.8 Å². The fourth-order valence-electron chi connectivity index (χ4n) is 5.12. The van der Waals surface area contributed by atoms with E-state index in [0.29, 0.717) is 43.0 Å². The molecule has 3 heterocycles. The average molecular weight is 490 g/mol. The van der Waals surface area contributed by atoms with Gasteiger partial charge in [-0.25, -0.2) is 8.42 Å². The van der Waals surface area contributed by atoms with Crippen LogP contribution in [0.1, 0.15) is 48.6 Å². The molecule has 5 rings (SSSR count). The highest BCUT2D eigenvalue weighted by Crippen LogP contribution is 2.48. The number of ether oxygens (including phenoxy) is 1. The van der Waals surface area contributed by atoms with Crippen molar-refractivity contribution in [1.29, 1.82) is 0 Å². The fourth-order valence-corrected chi connectivity index (χ4v) is 7.74. The maximum absolute atomic E-state index is 13.3. The number of methoxy groups -OCH3 is 1. The van der Waals surface area contributed by atoms with Gasteiger partial charge in [0.05, 0.1) is 13.7 Å². The Hall–Kier alpha value is -1.94. The number of anilines is 1. The largest absolute Gasteiger partial charge is 0.495 e. The molecule has 178 valence electrons. The molecule has 1 saturated carbocycles. The van der Waals surface area contributed by atoms with Gasteiger partial charge in [0.15, 0.2) is 0 Å². The Labute approximate surface area is 199 Å². The third-order valence-corrected chi connectivity index (χ3v) is 9.83. The summed E-state index contributed by atoms with van der Waals surface area (Å²) in [7, 11) is -2.21. The van der Waals surface area contributed by atoms with E-state index in [1.807, 2.05) is 11.3 Å². The third kappa shape index (κ3) is 4.69. The predicted octanol–water partition coefficient (Wildman–Crippen LogP) is 3.88. The van der Waals surface area contributed by atoms with Crippen molar-refractivity contribution in [3.8, 4) is 5.75 Å². The lowest BCUT2D eigenvalue weighted by molar-refractivity contribution is -0.118. The summed E-state index contributed by atoms with van der Waals surface area (Å²) in [6.07, 6.45) is 6.18. The Bertz CT molecular complexity index is 1120. The first-order valence-electron chi connectivity index (χ1n) is 11.8. The van der Waals surface area contributed by atoms with Gasteiger partial charge in [-0.1, -0.05) is 6.42 Å². The van der Waals surface area contributed by atoms with Gasteiger partial charge in [-0.15, -0.1) is 11.3 Å². The number of hydrogen-bond acceptors (Lipinski definition) is 6. The minimum Gasteiger partial charge on any atom is -0.495 e. The highest BCUT2D eigenvalue weighted by atomic mass is 32.2. The number of nitrogens with zero attached hydrogens (tertiary/aromatic N) is 2. The highest BCUT2D eigenvalue weighted by molar-refractivity contribution is 7.89. The van der Waals surface area contributed by atoms with Crippen LogP contribution >= 0.6 is 11.3 Å². The second-order valence-electron chi connectivity index (χ2n) is 9.18. The number of thiophene rings is 1. The van der Waals surface area contributed by atoms with Crippen molar-refractivity contribution in [2.75, 3.05) is 38.6 Å². The van der Waals surface area contributed by atoms with E-state index >= 15 is 0 Å². The minimum atomic E-state index is -3.68. The predicted molar refractivity (Wildman–Crippen MR) is 129 cm³/mol. The summed E-state index contributed by atoms with van der Waals surface area (Å²) in [5, 5.41) is 5.10. The van der Waals surface area contributed by atoms with Crippen LogP contribution in [0.15, 0.2) is 34.5 Å². The van der Waals surface area contributed by atoms with Crippen LogP contribution in [0.25, 0.3) is 0 Å². The molecule has 1 atom stereocenters. The number of piperidine rings is 1. The van der Waals surface area contributed by atoms with Crippen LogP contribution < -0.4 is 10.1 Å². The van der Waals surface area contributed by atoms with Crippen LogP contribution in [0, 0.1) is 5.92 Å².